The van der Waals surface area contributed by atoms with Gasteiger partial charge in [0.2, 0.25) is 0 Å². The fraction of sp³-hybridized carbons (Fsp3) is 1.00. The van der Waals surface area contributed by atoms with Crippen LogP contribution in [0.4, 0.5) is 0 Å². The summed E-state index contributed by atoms with van der Waals surface area (Å²) >= 11 is 0. The Morgan fingerprint density at radius 3 is 1.12 bits per heavy atom. The summed E-state index contributed by atoms with van der Waals surface area (Å²) in [6, 6.07) is 0. The number of likely N-dealkylation sites (tertiary alicyclic amines) is 2. The van der Waals surface area contributed by atoms with E-state index in [0.29, 0.717) is 12.2 Å². The average Bonchev–Trinajstić information content (AvgIpc) is 2.72. The first-order valence-electron chi connectivity index (χ1n) is 14.2. The minimum atomic E-state index is 0.509. The zero-order chi connectivity index (χ0) is 23.1. The molecule has 2 fully saturated rings. The van der Waals surface area contributed by atoms with E-state index in [0.717, 1.165) is 22.2 Å². The SMILES string of the molecule is C[N+]1(C)CCCC(OCCCCCCCCCCCCCCOC2CCC[N+](C)(C)C2)C1. The Balaban J connectivity index is 1.26. The first-order chi connectivity index (χ1) is 15.4. The number of hydrogen-bond donors (Lipinski definition) is 0. The maximum absolute atomic E-state index is 6.14. The second-order valence-corrected chi connectivity index (χ2v) is 12.2. The zero-order valence-corrected chi connectivity index (χ0v) is 22.4. The van der Waals surface area contributed by atoms with Crippen LogP contribution in [0.2, 0.25) is 0 Å². The number of rotatable bonds is 17. The van der Waals surface area contributed by atoms with Crippen LogP contribution >= 0.6 is 0 Å². The Kier molecular flexibility index (Phi) is 13.8. The van der Waals surface area contributed by atoms with Crippen molar-refractivity contribution in [3.63, 3.8) is 0 Å². The standard InChI is InChI=1S/C28H58N2O2/c1-29(2)21-17-19-27(25-29)31-23-15-13-11-9-7-5-6-8-10-12-14-16-24-32-28-20-18-22-30(3,4)26-28/h27-28H,5-26H2,1-4H3/q+2. The van der Waals surface area contributed by atoms with Crippen LogP contribution in [-0.2, 0) is 9.47 Å². The maximum Gasteiger partial charge on any atom is 0.107 e. The van der Waals surface area contributed by atoms with Gasteiger partial charge in [0.15, 0.2) is 0 Å². The molecule has 0 aromatic rings. The molecule has 0 aromatic heterocycles. The molecular formula is C28H58N2O2+2. The van der Waals surface area contributed by atoms with Crippen molar-refractivity contribution in [3.05, 3.63) is 0 Å². The Labute approximate surface area is 201 Å². The van der Waals surface area contributed by atoms with E-state index < -0.39 is 0 Å². The van der Waals surface area contributed by atoms with Gasteiger partial charge in [-0.3, -0.25) is 0 Å². The summed E-state index contributed by atoms with van der Waals surface area (Å²) in [7, 11) is 9.35. The highest BCUT2D eigenvalue weighted by Crippen LogP contribution is 2.19. The third-order valence-corrected chi connectivity index (χ3v) is 7.72. The van der Waals surface area contributed by atoms with Gasteiger partial charge in [-0.25, -0.2) is 0 Å². The molecule has 2 saturated heterocycles. The number of quaternary nitrogens is 2. The summed E-state index contributed by atoms with van der Waals surface area (Å²) < 4.78 is 14.6. The van der Waals surface area contributed by atoms with Gasteiger partial charge in [0.05, 0.1) is 41.3 Å². The minimum Gasteiger partial charge on any atom is -0.372 e. The normalized spacial score (nSPS) is 25.1. The molecule has 2 heterocycles. The highest BCUT2D eigenvalue weighted by Gasteiger charge is 2.28. The Bertz CT molecular complexity index is 424. The lowest BCUT2D eigenvalue weighted by Crippen LogP contribution is -2.50. The van der Waals surface area contributed by atoms with Gasteiger partial charge in [-0.1, -0.05) is 64.2 Å². The van der Waals surface area contributed by atoms with Crippen molar-refractivity contribution in [1.29, 1.82) is 0 Å². The third kappa shape index (κ3) is 13.5. The lowest BCUT2D eigenvalue weighted by molar-refractivity contribution is -0.898. The van der Waals surface area contributed by atoms with Gasteiger partial charge in [0, 0.05) is 13.2 Å². The summed E-state index contributed by atoms with van der Waals surface area (Å²) in [6.07, 6.45) is 22.8. The topological polar surface area (TPSA) is 18.5 Å². The Hall–Kier alpha value is -0.160. The lowest BCUT2D eigenvalue weighted by atomic mass is 10.0. The van der Waals surface area contributed by atoms with Crippen molar-refractivity contribution >= 4 is 0 Å². The van der Waals surface area contributed by atoms with E-state index in [2.05, 4.69) is 28.2 Å². The molecule has 2 aliphatic heterocycles. The number of likely N-dealkylation sites (N-methyl/N-ethyl adjacent to an activating group) is 2. The van der Waals surface area contributed by atoms with Crippen molar-refractivity contribution in [1.82, 2.24) is 0 Å². The van der Waals surface area contributed by atoms with Gasteiger partial charge in [-0.05, 0) is 38.5 Å². The molecule has 0 N–H and O–H groups in total. The van der Waals surface area contributed by atoms with Crippen LogP contribution in [0.1, 0.15) is 103 Å². The van der Waals surface area contributed by atoms with Gasteiger partial charge in [0.1, 0.15) is 25.3 Å². The molecule has 0 spiro atoms. The number of ether oxygens (including phenoxy) is 2. The number of unbranched alkanes of at least 4 members (excludes halogenated alkanes) is 11. The first-order valence-corrected chi connectivity index (χ1v) is 14.2. The van der Waals surface area contributed by atoms with E-state index in [1.54, 1.807) is 0 Å². The first kappa shape index (κ1) is 28.1. The Morgan fingerprint density at radius 1 is 0.500 bits per heavy atom. The quantitative estimate of drug-likeness (QED) is 0.193. The van der Waals surface area contributed by atoms with Crippen LogP contribution in [0.15, 0.2) is 0 Å². The monoisotopic (exact) mass is 454 g/mol. The van der Waals surface area contributed by atoms with Crippen molar-refractivity contribution in [3.8, 4) is 0 Å². The molecule has 2 aliphatic rings. The predicted molar refractivity (Wildman–Crippen MR) is 137 cm³/mol. The van der Waals surface area contributed by atoms with Crippen LogP contribution in [0.25, 0.3) is 0 Å². The van der Waals surface area contributed by atoms with E-state index >= 15 is 0 Å². The molecule has 0 bridgehead atoms. The molecule has 32 heavy (non-hydrogen) atoms. The molecule has 2 unspecified atom stereocenters. The number of nitrogens with zero attached hydrogens (tertiary/aromatic N) is 2. The molecule has 2 atom stereocenters. The highest BCUT2D eigenvalue weighted by atomic mass is 16.5. The van der Waals surface area contributed by atoms with E-state index in [4.69, 9.17) is 9.47 Å². The van der Waals surface area contributed by atoms with E-state index in [9.17, 15) is 0 Å². The van der Waals surface area contributed by atoms with Crippen LogP contribution in [-0.4, -0.2) is 88.8 Å². The van der Waals surface area contributed by atoms with Crippen LogP contribution in [0, 0.1) is 0 Å². The largest absolute Gasteiger partial charge is 0.372 e. The minimum absolute atomic E-state index is 0.509. The fourth-order valence-electron chi connectivity index (χ4n) is 5.71. The van der Waals surface area contributed by atoms with E-state index in [-0.39, 0.29) is 0 Å². The van der Waals surface area contributed by atoms with E-state index in [1.165, 1.54) is 129 Å². The third-order valence-electron chi connectivity index (χ3n) is 7.72. The summed E-state index contributed by atoms with van der Waals surface area (Å²) in [6.45, 7) is 6.99. The molecule has 0 aliphatic carbocycles. The maximum atomic E-state index is 6.14. The van der Waals surface area contributed by atoms with Crippen LogP contribution in [0.5, 0.6) is 0 Å². The smallest absolute Gasteiger partial charge is 0.107 e. The Morgan fingerprint density at radius 2 is 0.812 bits per heavy atom. The molecule has 0 aromatic carbocycles. The second-order valence-electron chi connectivity index (χ2n) is 12.2. The number of piperidine rings is 2. The lowest BCUT2D eigenvalue weighted by Gasteiger charge is -2.37. The van der Waals surface area contributed by atoms with Gasteiger partial charge < -0.3 is 18.4 Å². The van der Waals surface area contributed by atoms with E-state index in [1.807, 2.05) is 0 Å². The zero-order valence-electron chi connectivity index (χ0n) is 22.4. The average molecular weight is 455 g/mol. The molecule has 2 rings (SSSR count). The van der Waals surface area contributed by atoms with Crippen molar-refractivity contribution in [2.45, 2.75) is 115 Å². The molecule has 4 heteroatoms. The van der Waals surface area contributed by atoms with Crippen LogP contribution in [0.3, 0.4) is 0 Å². The number of hydrogen-bond acceptors (Lipinski definition) is 2. The summed E-state index contributed by atoms with van der Waals surface area (Å²) in [4.78, 5) is 0. The predicted octanol–water partition coefficient (Wildman–Crippen LogP) is 6.18. The summed E-state index contributed by atoms with van der Waals surface area (Å²) in [5, 5.41) is 0. The van der Waals surface area contributed by atoms with Gasteiger partial charge >= 0.3 is 0 Å². The van der Waals surface area contributed by atoms with Gasteiger partial charge in [-0.15, -0.1) is 0 Å². The molecule has 0 saturated carbocycles. The molecular weight excluding hydrogens is 396 g/mol. The van der Waals surface area contributed by atoms with Crippen molar-refractivity contribution < 1.29 is 18.4 Å². The summed E-state index contributed by atoms with van der Waals surface area (Å²) in [5.41, 5.74) is 0. The highest BCUT2D eigenvalue weighted by molar-refractivity contribution is 4.64. The van der Waals surface area contributed by atoms with Crippen LogP contribution < -0.4 is 0 Å². The summed E-state index contributed by atoms with van der Waals surface area (Å²) in [5.74, 6) is 0. The molecule has 0 amide bonds. The fourth-order valence-corrected chi connectivity index (χ4v) is 5.71. The molecule has 4 nitrogen and oxygen atoms in total. The molecule has 0 radical (unpaired) electrons. The van der Waals surface area contributed by atoms with Crippen molar-refractivity contribution in [2.24, 2.45) is 0 Å². The van der Waals surface area contributed by atoms with Gasteiger partial charge in [0.25, 0.3) is 0 Å². The van der Waals surface area contributed by atoms with Gasteiger partial charge in [-0.2, -0.15) is 0 Å². The second kappa shape index (κ2) is 15.7. The molecule has 190 valence electrons. The van der Waals surface area contributed by atoms with Crippen molar-refractivity contribution in [2.75, 3.05) is 67.6 Å².